The summed E-state index contributed by atoms with van der Waals surface area (Å²) in [5.41, 5.74) is 2.21. The molecule has 0 aliphatic carbocycles. The van der Waals surface area contributed by atoms with E-state index in [0.717, 1.165) is 11.2 Å². The van der Waals surface area contributed by atoms with E-state index in [2.05, 4.69) is 4.74 Å². The van der Waals surface area contributed by atoms with Crippen LogP contribution in [0.3, 0.4) is 0 Å². The van der Waals surface area contributed by atoms with Gasteiger partial charge in [0.25, 0.3) is 0 Å². The number of nitrogens with zero attached hydrogens (tertiary/aromatic N) is 1. The lowest BCUT2D eigenvalue weighted by Gasteiger charge is -2.04. The van der Waals surface area contributed by atoms with E-state index >= 15 is 0 Å². The Hall–Kier alpha value is -2.04. The van der Waals surface area contributed by atoms with Crippen LogP contribution in [0.15, 0.2) is 12.1 Å². The number of hydrogen-bond acceptors (Lipinski definition) is 3. The summed E-state index contributed by atoms with van der Waals surface area (Å²) in [6.45, 7) is 1.85. The Morgan fingerprint density at radius 1 is 1.37 bits per heavy atom. The Bertz CT molecular complexity index is 646. The van der Waals surface area contributed by atoms with E-state index in [4.69, 9.17) is 4.74 Å². The number of rotatable bonds is 3. The second-order valence-corrected chi connectivity index (χ2v) is 4.35. The fourth-order valence-corrected chi connectivity index (χ4v) is 2.27. The number of aryl methyl sites for hydroxylation is 1. The van der Waals surface area contributed by atoms with Gasteiger partial charge in [-0.1, -0.05) is 0 Å². The molecule has 0 saturated carbocycles. The SMILES string of the molecule is COC(=O)Cc1c(C)n(C)c2ccc(OC)c(F)c12. The Morgan fingerprint density at radius 2 is 2.05 bits per heavy atom. The minimum Gasteiger partial charge on any atom is -0.494 e. The number of carbonyl (C=O) groups is 1. The van der Waals surface area contributed by atoms with Crippen molar-refractivity contribution in [2.24, 2.45) is 7.05 Å². The molecule has 0 fully saturated rings. The fourth-order valence-electron chi connectivity index (χ4n) is 2.27. The van der Waals surface area contributed by atoms with Crippen molar-refractivity contribution in [1.29, 1.82) is 0 Å². The molecule has 0 aliphatic rings. The summed E-state index contributed by atoms with van der Waals surface area (Å²) in [5, 5.41) is 0.421. The van der Waals surface area contributed by atoms with E-state index in [-0.39, 0.29) is 12.2 Å². The Morgan fingerprint density at radius 3 is 2.63 bits per heavy atom. The van der Waals surface area contributed by atoms with Crippen LogP contribution in [-0.2, 0) is 23.0 Å². The molecular formula is C14H16FNO3. The third-order valence-corrected chi connectivity index (χ3v) is 3.46. The van der Waals surface area contributed by atoms with Gasteiger partial charge in [-0.2, -0.15) is 0 Å². The minimum atomic E-state index is -0.442. The van der Waals surface area contributed by atoms with Crippen molar-refractivity contribution in [2.75, 3.05) is 14.2 Å². The van der Waals surface area contributed by atoms with Crippen molar-refractivity contribution >= 4 is 16.9 Å². The van der Waals surface area contributed by atoms with Crippen molar-refractivity contribution in [3.63, 3.8) is 0 Å². The summed E-state index contributed by atoms with van der Waals surface area (Å²) < 4.78 is 25.9. The number of esters is 1. The van der Waals surface area contributed by atoms with Crippen molar-refractivity contribution in [3.05, 3.63) is 29.2 Å². The molecule has 0 radical (unpaired) electrons. The number of ether oxygens (including phenoxy) is 2. The van der Waals surface area contributed by atoms with Crippen molar-refractivity contribution < 1.29 is 18.7 Å². The van der Waals surface area contributed by atoms with Crippen LogP contribution in [0.5, 0.6) is 5.75 Å². The molecule has 0 aliphatic heterocycles. The topological polar surface area (TPSA) is 40.5 Å². The summed E-state index contributed by atoms with van der Waals surface area (Å²) in [4.78, 5) is 11.5. The number of hydrogen-bond donors (Lipinski definition) is 0. The molecule has 102 valence electrons. The first-order valence-electron chi connectivity index (χ1n) is 5.88. The number of carbonyl (C=O) groups excluding carboxylic acids is 1. The number of benzene rings is 1. The Kier molecular flexibility index (Phi) is 3.46. The zero-order valence-corrected chi connectivity index (χ0v) is 11.4. The van der Waals surface area contributed by atoms with Gasteiger partial charge in [0.1, 0.15) is 0 Å². The lowest BCUT2D eigenvalue weighted by Crippen LogP contribution is -2.06. The van der Waals surface area contributed by atoms with Crippen molar-refractivity contribution in [3.8, 4) is 5.75 Å². The highest BCUT2D eigenvalue weighted by Gasteiger charge is 2.20. The molecule has 1 aromatic carbocycles. The van der Waals surface area contributed by atoms with E-state index < -0.39 is 11.8 Å². The number of aromatic nitrogens is 1. The molecular weight excluding hydrogens is 249 g/mol. The molecule has 2 rings (SSSR count). The first-order chi connectivity index (χ1) is 9.01. The average Bonchev–Trinajstić information content (AvgIpc) is 2.65. The zero-order chi connectivity index (χ0) is 14.2. The Balaban J connectivity index is 2.74. The molecule has 0 atom stereocenters. The molecule has 0 bridgehead atoms. The number of fused-ring (bicyclic) bond motifs is 1. The minimum absolute atomic E-state index is 0.0454. The average molecular weight is 265 g/mol. The molecule has 0 saturated heterocycles. The highest BCUT2D eigenvalue weighted by atomic mass is 19.1. The van der Waals surface area contributed by atoms with Crippen molar-refractivity contribution in [2.45, 2.75) is 13.3 Å². The van der Waals surface area contributed by atoms with Crippen LogP contribution in [-0.4, -0.2) is 24.8 Å². The van der Waals surface area contributed by atoms with E-state index in [1.165, 1.54) is 14.2 Å². The maximum atomic E-state index is 14.4. The van der Waals surface area contributed by atoms with Gasteiger partial charge < -0.3 is 14.0 Å². The summed E-state index contributed by atoms with van der Waals surface area (Å²) in [7, 11) is 4.57. The van der Waals surface area contributed by atoms with Gasteiger partial charge in [0, 0.05) is 18.1 Å². The molecule has 0 spiro atoms. The van der Waals surface area contributed by atoms with Gasteiger partial charge in [-0.05, 0) is 24.6 Å². The monoisotopic (exact) mass is 265 g/mol. The quantitative estimate of drug-likeness (QED) is 0.800. The van der Waals surface area contributed by atoms with Crippen LogP contribution in [0.2, 0.25) is 0 Å². The smallest absolute Gasteiger partial charge is 0.310 e. The maximum absolute atomic E-state index is 14.4. The maximum Gasteiger partial charge on any atom is 0.310 e. The molecule has 5 heteroatoms. The van der Waals surface area contributed by atoms with Gasteiger partial charge >= 0.3 is 5.97 Å². The lowest BCUT2D eigenvalue weighted by atomic mass is 10.1. The van der Waals surface area contributed by atoms with Gasteiger partial charge in [0.05, 0.1) is 26.2 Å². The lowest BCUT2D eigenvalue weighted by molar-refractivity contribution is -0.139. The molecule has 1 heterocycles. The molecule has 0 unspecified atom stereocenters. The third-order valence-electron chi connectivity index (χ3n) is 3.46. The second kappa shape index (κ2) is 4.91. The molecule has 1 aromatic heterocycles. The predicted molar refractivity (Wildman–Crippen MR) is 69.9 cm³/mol. The van der Waals surface area contributed by atoms with Gasteiger partial charge in [-0.15, -0.1) is 0 Å². The van der Waals surface area contributed by atoms with Gasteiger partial charge in [-0.3, -0.25) is 4.79 Å². The fraction of sp³-hybridized carbons (Fsp3) is 0.357. The zero-order valence-electron chi connectivity index (χ0n) is 11.4. The van der Waals surface area contributed by atoms with Gasteiger partial charge in [0.2, 0.25) is 0 Å². The molecule has 2 aromatic rings. The predicted octanol–water partition coefficient (Wildman–Crippen LogP) is 2.35. The second-order valence-electron chi connectivity index (χ2n) is 4.35. The summed E-state index contributed by atoms with van der Waals surface area (Å²) in [6.07, 6.45) is 0.0454. The van der Waals surface area contributed by atoms with E-state index in [1.807, 2.05) is 18.5 Å². The van der Waals surface area contributed by atoms with Crippen LogP contribution in [0.25, 0.3) is 10.9 Å². The van der Waals surface area contributed by atoms with Gasteiger partial charge in [-0.25, -0.2) is 4.39 Å². The number of halogens is 1. The van der Waals surface area contributed by atoms with E-state index in [1.54, 1.807) is 12.1 Å². The summed E-state index contributed by atoms with van der Waals surface area (Å²) >= 11 is 0. The van der Waals surface area contributed by atoms with E-state index in [0.29, 0.717) is 10.9 Å². The Labute approximate surface area is 110 Å². The van der Waals surface area contributed by atoms with Crippen LogP contribution in [0.1, 0.15) is 11.3 Å². The first kappa shape index (κ1) is 13.4. The summed E-state index contributed by atoms with van der Waals surface area (Å²) in [6, 6.07) is 3.37. The largest absolute Gasteiger partial charge is 0.494 e. The standard InChI is InChI=1S/C14H16FNO3/c1-8-9(7-12(17)19-4)13-10(16(8)2)5-6-11(18-3)14(13)15/h5-6H,7H2,1-4H3. The van der Waals surface area contributed by atoms with Crippen molar-refractivity contribution in [1.82, 2.24) is 4.57 Å². The molecule has 4 nitrogen and oxygen atoms in total. The first-order valence-corrected chi connectivity index (χ1v) is 5.88. The highest BCUT2D eigenvalue weighted by molar-refractivity contribution is 5.91. The summed E-state index contributed by atoms with van der Waals surface area (Å²) in [5.74, 6) is -0.662. The highest BCUT2D eigenvalue weighted by Crippen LogP contribution is 2.32. The number of methoxy groups -OCH3 is 2. The molecule has 0 N–H and O–H groups in total. The molecule has 19 heavy (non-hydrogen) atoms. The van der Waals surface area contributed by atoms with Gasteiger partial charge in [0.15, 0.2) is 11.6 Å². The van der Waals surface area contributed by atoms with Crippen LogP contribution < -0.4 is 4.74 Å². The van der Waals surface area contributed by atoms with Crippen LogP contribution >= 0.6 is 0 Å². The molecule has 0 amide bonds. The van der Waals surface area contributed by atoms with Crippen LogP contribution in [0.4, 0.5) is 4.39 Å². The van der Waals surface area contributed by atoms with Crippen LogP contribution in [0, 0.1) is 12.7 Å². The normalized spacial score (nSPS) is 10.8. The third kappa shape index (κ3) is 2.05. The van der Waals surface area contributed by atoms with E-state index in [9.17, 15) is 9.18 Å².